The smallest absolute Gasteiger partial charge is 0.387 e. The average Bonchev–Trinajstić information content (AvgIpc) is 2.17. The Kier molecular flexibility index (Phi) is 3.59. The predicted molar refractivity (Wildman–Crippen MR) is 51.2 cm³/mol. The maximum Gasteiger partial charge on any atom is 0.387 e. The van der Waals surface area contributed by atoms with Crippen LogP contribution in [0.5, 0.6) is 5.75 Å². The van der Waals surface area contributed by atoms with Crippen molar-refractivity contribution in [3.8, 4) is 5.75 Å². The van der Waals surface area contributed by atoms with Gasteiger partial charge in [-0.15, -0.1) is 0 Å². The molecular weight excluding hydrogens is 188 g/mol. The molecule has 0 aliphatic rings. The van der Waals surface area contributed by atoms with Crippen molar-refractivity contribution in [1.82, 2.24) is 0 Å². The van der Waals surface area contributed by atoms with E-state index in [0.29, 0.717) is 6.54 Å². The Morgan fingerprint density at radius 2 is 1.93 bits per heavy atom. The molecule has 0 fully saturated rings. The lowest BCUT2D eigenvalue weighted by Crippen LogP contribution is -2.03. The van der Waals surface area contributed by atoms with E-state index >= 15 is 0 Å². The topological polar surface area (TPSA) is 35.2 Å². The molecule has 4 heteroatoms. The molecule has 0 bridgehead atoms. The fourth-order valence-corrected chi connectivity index (χ4v) is 0.990. The molecule has 0 spiro atoms. The third kappa shape index (κ3) is 2.81. The molecule has 0 aliphatic heterocycles. The van der Waals surface area contributed by atoms with E-state index in [1.54, 1.807) is 12.1 Å². The van der Waals surface area contributed by atoms with Crippen molar-refractivity contribution in [1.29, 1.82) is 0 Å². The number of halogens is 2. The summed E-state index contributed by atoms with van der Waals surface area (Å²) in [5, 5.41) is 0. The average molecular weight is 199 g/mol. The number of hydrogen-bond donors (Lipinski definition) is 1. The third-order valence-corrected chi connectivity index (χ3v) is 1.73. The first-order valence-electron chi connectivity index (χ1n) is 4.06. The van der Waals surface area contributed by atoms with Gasteiger partial charge in [0.2, 0.25) is 0 Å². The Morgan fingerprint density at radius 1 is 1.36 bits per heavy atom. The molecule has 1 aromatic carbocycles. The lowest BCUT2D eigenvalue weighted by atomic mass is 10.1. The van der Waals surface area contributed by atoms with Crippen LogP contribution < -0.4 is 10.5 Å². The largest absolute Gasteiger partial charge is 0.435 e. The summed E-state index contributed by atoms with van der Waals surface area (Å²) in [6.45, 7) is 1.27. The van der Waals surface area contributed by atoms with Crippen LogP contribution in [0.1, 0.15) is 5.56 Å². The Bertz CT molecular complexity index is 308. The molecule has 0 saturated carbocycles. The van der Waals surface area contributed by atoms with E-state index < -0.39 is 6.61 Å². The van der Waals surface area contributed by atoms with Gasteiger partial charge in [0.05, 0.1) is 0 Å². The van der Waals surface area contributed by atoms with Gasteiger partial charge in [-0.25, -0.2) is 0 Å². The zero-order valence-electron chi connectivity index (χ0n) is 7.54. The Labute approximate surface area is 81.0 Å². The minimum absolute atomic E-state index is 0.133. The quantitative estimate of drug-likeness (QED) is 0.807. The van der Waals surface area contributed by atoms with Gasteiger partial charge in [0, 0.05) is 6.54 Å². The molecule has 1 rings (SSSR count). The van der Waals surface area contributed by atoms with Gasteiger partial charge in [-0.05, 0) is 23.3 Å². The van der Waals surface area contributed by atoms with Gasteiger partial charge >= 0.3 is 6.61 Å². The zero-order chi connectivity index (χ0) is 10.6. The second-order valence-corrected chi connectivity index (χ2v) is 2.71. The summed E-state index contributed by atoms with van der Waals surface area (Å²) in [6, 6.07) is 6.21. The molecule has 0 unspecified atom stereocenters. The fourth-order valence-electron chi connectivity index (χ4n) is 0.990. The minimum atomic E-state index is -2.79. The van der Waals surface area contributed by atoms with Crippen LogP contribution in [-0.4, -0.2) is 13.2 Å². The first-order valence-corrected chi connectivity index (χ1v) is 4.06. The molecular formula is C10H11F2NO. The highest BCUT2D eigenvalue weighted by Gasteiger charge is 2.03. The molecule has 0 saturated heterocycles. The fraction of sp³-hybridized carbons (Fsp3) is 0.200. The molecule has 2 nitrogen and oxygen atoms in total. The van der Waals surface area contributed by atoms with E-state index in [-0.39, 0.29) is 5.75 Å². The van der Waals surface area contributed by atoms with Crippen molar-refractivity contribution >= 4 is 5.57 Å². The van der Waals surface area contributed by atoms with Gasteiger partial charge in [0.25, 0.3) is 0 Å². The molecule has 14 heavy (non-hydrogen) atoms. The van der Waals surface area contributed by atoms with Crippen molar-refractivity contribution in [2.75, 3.05) is 6.54 Å². The molecule has 0 amide bonds. The van der Waals surface area contributed by atoms with Gasteiger partial charge in [-0.2, -0.15) is 8.78 Å². The van der Waals surface area contributed by atoms with Gasteiger partial charge in [-0.1, -0.05) is 18.7 Å². The van der Waals surface area contributed by atoms with E-state index in [1.807, 2.05) is 0 Å². The maximum atomic E-state index is 11.8. The van der Waals surface area contributed by atoms with Crippen LogP contribution >= 0.6 is 0 Å². The molecule has 0 heterocycles. The predicted octanol–water partition coefficient (Wildman–Crippen LogP) is 2.26. The monoisotopic (exact) mass is 199 g/mol. The van der Waals surface area contributed by atoms with E-state index in [0.717, 1.165) is 11.1 Å². The second-order valence-electron chi connectivity index (χ2n) is 2.71. The summed E-state index contributed by atoms with van der Waals surface area (Å²) in [6.07, 6.45) is 0. The Hall–Kier alpha value is -1.42. The van der Waals surface area contributed by atoms with E-state index in [4.69, 9.17) is 5.73 Å². The van der Waals surface area contributed by atoms with Crippen molar-refractivity contribution in [2.45, 2.75) is 6.61 Å². The van der Waals surface area contributed by atoms with Crippen LogP contribution in [0.2, 0.25) is 0 Å². The van der Waals surface area contributed by atoms with Crippen LogP contribution in [0.15, 0.2) is 30.8 Å². The van der Waals surface area contributed by atoms with Gasteiger partial charge in [0.1, 0.15) is 5.75 Å². The first-order chi connectivity index (χ1) is 6.63. The lowest BCUT2D eigenvalue weighted by Gasteiger charge is -2.06. The number of nitrogens with two attached hydrogens (primary N) is 1. The van der Waals surface area contributed by atoms with E-state index in [1.165, 1.54) is 12.1 Å². The second kappa shape index (κ2) is 4.72. The summed E-state index contributed by atoms with van der Waals surface area (Å²) in [5.74, 6) is 0.133. The van der Waals surface area contributed by atoms with Crippen LogP contribution in [0, 0.1) is 0 Å². The third-order valence-electron chi connectivity index (χ3n) is 1.73. The highest BCUT2D eigenvalue weighted by Crippen LogP contribution is 2.18. The number of ether oxygens (including phenoxy) is 1. The summed E-state index contributed by atoms with van der Waals surface area (Å²) < 4.78 is 27.8. The van der Waals surface area contributed by atoms with E-state index in [9.17, 15) is 8.78 Å². The number of alkyl halides is 2. The molecule has 0 radical (unpaired) electrons. The lowest BCUT2D eigenvalue weighted by molar-refractivity contribution is -0.0498. The van der Waals surface area contributed by atoms with Crippen LogP contribution in [0.3, 0.4) is 0 Å². The number of hydrogen-bond acceptors (Lipinski definition) is 2. The SMILES string of the molecule is C=C(CN)c1ccc(OC(F)F)cc1. The molecule has 2 N–H and O–H groups in total. The zero-order valence-corrected chi connectivity index (χ0v) is 7.54. The Morgan fingerprint density at radius 3 is 2.36 bits per heavy atom. The summed E-state index contributed by atoms with van der Waals surface area (Å²) in [5.41, 5.74) is 6.96. The maximum absolute atomic E-state index is 11.8. The van der Waals surface area contributed by atoms with Crippen molar-refractivity contribution in [3.05, 3.63) is 36.4 Å². The first kappa shape index (κ1) is 10.7. The van der Waals surface area contributed by atoms with Crippen LogP contribution in [0.25, 0.3) is 5.57 Å². The molecule has 1 aromatic rings. The normalized spacial score (nSPS) is 10.3. The number of benzene rings is 1. The standard InChI is InChI=1S/C10H11F2NO/c1-7(6-13)8-2-4-9(5-3-8)14-10(11)12/h2-5,10H,1,6,13H2. The highest BCUT2D eigenvalue weighted by molar-refractivity contribution is 5.64. The van der Waals surface area contributed by atoms with Crippen molar-refractivity contribution < 1.29 is 13.5 Å². The Balaban J connectivity index is 2.73. The number of rotatable bonds is 4. The molecule has 0 atom stereocenters. The van der Waals surface area contributed by atoms with Gasteiger partial charge in [0.15, 0.2) is 0 Å². The summed E-state index contributed by atoms with van der Waals surface area (Å²) in [4.78, 5) is 0. The van der Waals surface area contributed by atoms with Crippen LogP contribution in [0.4, 0.5) is 8.78 Å². The van der Waals surface area contributed by atoms with Crippen molar-refractivity contribution in [3.63, 3.8) is 0 Å². The van der Waals surface area contributed by atoms with Crippen molar-refractivity contribution in [2.24, 2.45) is 5.73 Å². The molecule has 76 valence electrons. The highest BCUT2D eigenvalue weighted by atomic mass is 19.3. The molecule has 0 aromatic heterocycles. The summed E-state index contributed by atoms with van der Waals surface area (Å²) >= 11 is 0. The van der Waals surface area contributed by atoms with E-state index in [2.05, 4.69) is 11.3 Å². The minimum Gasteiger partial charge on any atom is -0.435 e. The summed E-state index contributed by atoms with van der Waals surface area (Å²) in [7, 11) is 0. The van der Waals surface area contributed by atoms with Gasteiger partial charge in [-0.3, -0.25) is 0 Å². The van der Waals surface area contributed by atoms with Gasteiger partial charge < -0.3 is 10.5 Å². The molecule has 0 aliphatic carbocycles. The van der Waals surface area contributed by atoms with Crippen LogP contribution in [-0.2, 0) is 0 Å².